The maximum Gasteiger partial charge on any atom is 0.164 e. The molecule has 3 aromatic heterocycles. The number of nitrogens with zero attached hydrogens (tertiary/aromatic N) is 3. The first-order valence-electron chi connectivity index (χ1n) is 20.8. The molecule has 0 fully saturated rings. The lowest BCUT2D eigenvalue weighted by Crippen LogP contribution is -2.00. The number of benzene rings is 10. The molecule has 0 amide bonds. The highest BCUT2D eigenvalue weighted by Crippen LogP contribution is 2.40. The molecule has 0 saturated carbocycles. The minimum absolute atomic E-state index is 0.573. The van der Waals surface area contributed by atoms with Crippen molar-refractivity contribution in [3.63, 3.8) is 0 Å². The molecule has 10 aromatic carbocycles. The highest BCUT2D eigenvalue weighted by Gasteiger charge is 2.20. The van der Waals surface area contributed by atoms with E-state index in [9.17, 15) is 0 Å². The van der Waals surface area contributed by atoms with E-state index in [1.807, 2.05) is 30.3 Å². The molecule has 0 aliphatic carbocycles. The molecular weight excluding hydrogens is 759 g/mol. The van der Waals surface area contributed by atoms with Gasteiger partial charge >= 0.3 is 0 Å². The zero-order valence-electron chi connectivity index (χ0n) is 33.2. The van der Waals surface area contributed by atoms with Gasteiger partial charge in [-0.2, -0.15) is 0 Å². The van der Waals surface area contributed by atoms with Crippen LogP contribution in [0.2, 0.25) is 0 Å². The van der Waals surface area contributed by atoms with E-state index in [4.69, 9.17) is 23.8 Å². The molecule has 288 valence electrons. The summed E-state index contributed by atoms with van der Waals surface area (Å²) in [5.41, 5.74) is 10.6. The average Bonchev–Trinajstić information content (AvgIpc) is 3.92. The molecule has 0 aliphatic heterocycles. The van der Waals surface area contributed by atoms with Gasteiger partial charge in [-0.15, -0.1) is 0 Å². The van der Waals surface area contributed by atoms with E-state index in [0.29, 0.717) is 17.5 Å². The molecule has 0 spiro atoms. The van der Waals surface area contributed by atoms with E-state index in [0.717, 1.165) is 93.2 Å². The first-order valence-corrected chi connectivity index (χ1v) is 20.8. The number of hydrogen-bond donors (Lipinski definition) is 0. The summed E-state index contributed by atoms with van der Waals surface area (Å²) in [5, 5.41) is 11.0. The largest absolute Gasteiger partial charge is 0.456 e. The molecule has 5 heteroatoms. The van der Waals surface area contributed by atoms with Crippen molar-refractivity contribution in [2.75, 3.05) is 0 Å². The van der Waals surface area contributed by atoms with Gasteiger partial charge in [-0.1, -0.05) is 146 Å². The monoisotopic (exact) mass is 791 g/mol. The molecule has 0 bridgehead atoms. The maximum atomic E-state index is 6.62. The van der Waals surface area contributed by atoms with E-state index < -0.39 is 0 Å². The fraction of sp³-hybridized carbons (Fsp3) is 0. The first-order chi connectivity index (χ1) is 30.7. The van der Waals surface area contributed by atoms with E-state index in [-0.39, 0.29) is 0 Å². The van der Waals surface area contributed by atoms with Crippen molar-refractivity contribution in [1.29, 1.82) is 0 Å². The van der Waals surface area contributed by atoms with Crippen LogP contribution in [0.1, 0.15) is 0 Å². The van der Waals surface area contributed by atoms with Crippen LogP contribution in [-0.2, 0) is 0 Å². The Bertz CT molecular complexity index is 3940. The Balaban J connectivity index is 0.997. The third-order valence-electron chi connectivity index (χ3n) is 12.3. The van der Waals surface area contributed by atoms with Gasteiger partial charge in [-0.3, -0.25) is 0 Å². The molecule has 0 radical (unpaired) electrons. The van der Waals surface area contributed by atoms with Gasteiger partial charge in [0.2, 0.25) is 0 Å². The van der Waals surface area contributed by atoms with Crippen LogP contribution in [0.3, 0.4) is 0 Å². The van der Waals surface area contributed by atoms with Crippen LogP contribution in [0.4, 0.5) is 0 Å². The minimum atomic E-state index is 0.573. The molecule has 0 atom stereocenters. The Morgan fingerprint density at radius 3 is 1.63 bits per heavy atom. The zero-order valence-corrected chi connectivity index (χ0v) is 33.2. The number of fused-ring (bicyclic) bond motifs is 10. The van der Waals surface area contributed by atoms with Gasteiger partial charge in [0.15, 0.2) is 17.5 Å². The normalized spacial score (nSPS) is 11.9. The van der Waals surface area contributed by atoms with E-state index in [2.05, 4.69) is 170 Å². The smallest absolute Gasteiger partial charge is 0.164 e. The summed E-state index contributed by atoms with van der Waals surface area (Å²) in [4.78, 5) is 15.8. The molecule has 0 saturated heterocycles. The van der Waals surface area contributed by atoms with Crippen molar-refractivity contribution in [1.82, 2.24) is 15.0 Å². The van der Waals surface area contributed by atoms with Crippen molar-refractivity contribution in [3.05, 3.63) is 200 Å². The third kappa shape index (κ3) is 5.60. The number of rotatable bonds is 5. The van der Waals surface area contributed by atoms with Gasteiger partial charge in [0.05, 0.1) is 0 Å². The Hall–Kier alpha value is -8.41. The summed E-state index contributed by atoms with van der Waals surface area (Å²) in [6.45, 7) is 0. The van der Waals surface area contributed by atoms with Gasteiger partial charge in [-0.05, 0) is 109 Å². The van der Waals surface area contributed by atoms with Crippen LogP contribution in [-0.4, -0.2) is 15.0 Å². The Labute approximate surface area is 355 Å². The summed E-state index contributed by atoms with van der Waals surface area (Å²) in [6.07, 6.45) is 0. The summed E-state index contributed by atoms with van der Waals surface area (Å²) < 4.78 is 12.9. The molecule has 13 rings (SSSR count). The van der Waals surface area contributed by atoms with Gasteiger partial charge in [0, 0.05) is 38.2 Å². The van der Waals surface area contributed by atoms with Gasteiger partial charge in [0.25, 0.3) is 0 Å². The van der Waals surface area contributed by atoms with Crippen LogP contribution >= 0.6 is 0 Å². The quantitative estimate of drug-likeness (QED) is 0.174. The second-order valence-electron chi connectivity index (χ2n) is 16.0. The second kappa shape index (κ2) is 13.6. The highest BCUT2D eigenvalue weighted by molar-refractivity contribution is 6.19. The van der Waals surface area contributed by atoms with Crippen LogP contribution in [0.5, 0.6) is 0 Å². The van der Waals surface area contributed by atoms with Crippen LogP contribution < -0.4 is 0 Å². The van der Waals surface area contributed by atoms with E-state index in [1.54, 1.807) is 0 Å². The molecule has 0 aliphatic rings. The predicted octanol–water partition coefficient (Wildman–Crippen LogP) is 15.5. The Morgan fingerprint density at radius 2 is 0.790 bits per heavy atom. The van der Waals surface area contributed by atoms with Crippen molar-refractivity contribution >= 4 is 76.2 Å². The van der Waals surface area contributed by atoms with Crippen LogP contribution in [0.25, 0.3) is 133 Å². The molecule has 0 N–H and O–H groups in total. The molecule has 13 aromatic rings. The average molecular weight is 792 g/mol. The zero-order chi connectivity index (χ0) is 40.7. The number of furan rings is 2. The van der Waals surface area contributed by atoms with Crippen LogP contribution in [0.15, 0.2) is 209 Å². The SMILES string of the molecule is c1ccc(-c2ccc3cc(-c4nc(-c5ccc6ccc7oc8ccccc8c7c6c5)nc(-c5cccc6oc7cc(-c8ccc9ccccc9c8)ccc7c56)n4)ccc3c2)cc1. The fourth-order valence-electron chi connectivity index (χ4n) is 9.19. The van der Waals surface area contributed by atoms with Crippen molar-refractivity contribution in [2.24, 2.45) is 0 Å². The van der Waals surface area contributed by atoms with Crippen molar-refractivity contribution in [3.8, 4) is 56.4 Å². The Kier molecular flexibility index (Phi) is 7.54. The molecule has 0 unspecified atom stereocenters. The number of para-hydroxylation sites is 1. The second-order valence-corrected chi connectivity index (χ2v) is 16.0. The van der Waals surface area contributed by atoms with Crippen molar-refractivity contribution < 1.29 is 8.83 Å². The lowest BCUT2D eigenvalue weighted by atomic mass is 9.99. The first kappa shape index (κ1) is 34.5. The Morgan fingerprint density at radius 1 is 0.258 bits per heavy atom. The topological polar surface area (TPSA) is 65.0 Å². The molecule has 5 nitrogen and oxygen atoms in total. The van der Waals surface area contributed by atoms with Gasteiger partial charge in [0.1, 0.15) is 22.3 Å². The predicted molar refractivity (Wildman–Crippen MR) is 254 cm³/mol. The number of hydrogen-bond acceptors (Lipinski definition) is 5. The summed E-state index contributed by atoms with van der Waals surface area (Å²) in [7, 11) is 0. The third-order valence-corrected chi connectivity index (χ3v) is 12.3. The van der Waals surface area contributed by atoms with E-state index >= 15 is 0 Å². The number of aromatic nitrogens is 3. The van der Waals surface area contributed by atoms with Crippen LogP contribution in [0, 0.1) is 0 Å². The summed E-state index contributed by atoms with van der Waals surface area (Å²) in [6, 6.07) is 70.0. The minimum Gasteiger partial charge on any atom is -0.456 e. The lowest BCUT2D eigenvalue weighted by molar-refractivity contribution is 0.669. The summed E-state index contributed by atoms with van der Waals surface area (Å²) >= 11 is 0. The highest BCUT2D eigenvalue weighted by atomic mass is 16.3. The van der Waals surface area contributed by atoms with Gasteiger partial charge in [-0.25, -0.2) is 15.0 Å². The van der Waals surface area contributed by atoms with Crippen molar-refractivity contribution in [2.45, 2.75) is 0 Å². The molecular formula is C57H33N3O2. The molecule has 3 heterocycles. The van der Waals surface area contributed by atoms with Gasteiger partial charge < -0.3 is 8.83 Å². The van der Waals surface area contributed by atoms with E-state index in [1.165, 1.54) is 21.9 Å². The lowest BCUT2D eigenvalue weighted by Gasteiger charge is -2.11. The standard InChI is InChI=1S/C57H33N3O2/c1-2-9-34(10-3-1)38-20-21-41-31-43(24-22-39(41)30-38)55-58-56(44-23-18-36-26-28-51-54(48(36)32-44)45-13-6-7-15-49(45)61-51)60-57(59-55)47-14-8-16-50-53(47)46-27-25-42(33-52(46)62-50)40-19-17-35-11-4-5-12-37(35)29-40/h1-33H. The maximum absolute atomic E-state index is 6.62. The molecule has 62 heavy (non-hydrogen) atoms. The summed E-state index contributed by atoms with van der Waals surface area (Å²) in [5.74, 6) is 1.75. The fourth-order valence-corrected chi connectivity index (χ4v) is 9.19.